The van der Waals surface area contributed by atoms with E-state index in [2.05, 4.69) is 10.6 Å². The van der Waals surface area contributed by atoms with E-state index in [1.807, 2.05) is 31.2 Å². The van der Waals surface area contributed by atoms with Crippen molar-refractivity contribution in [3.63, 3.8) is 0 Å². The SMILES string of the molecule is C[C@H](OC(=O)CC[C@H]1NC(=O)NC1=O)C(=O)N1c2ccccc2CC[C@@H]1C. The molecular formula is C19H23N3O5. The molecule has 27 heavy (non-hydrogen) atoms. The lowest BCUT2D eigenvalue weighted by Gasteiger charge is -2.36. The Morgan fingerprint density at radius 1 is 1.30 bits per heavy atom. The Kier molecular flexibility index (Phi) is 5.43. The molecule has 1 fully saturated rings. The number of hydrogen-bond acceptors (Lipinski definition) is 5. The van der Waals surface area contributed by atoms with Crippen LogP contribution >= 0.6 is 0 Å². The Bertz CT molecular complexity index is 778. The van der Waals surface area contributed by atoms with Crippen molar-refractivity contribution in [1.29, 1.82) is 0 Å². The first-order valence-electron chi connectivity index (χ1n) is 9.08. The number of carbonyl (C=O) groups is 4. The molecule has 1 saturated heterocycles. The average Bonchev–Trinajstić information content (AvgIpc) is 2.96. The second-order valence-electron chi connectivity index (χ2n) is 6.91. The van der Waals surface area contributed by atoms with Crippen LogP contribution in [0.2, 0.25) is 0 Å². The van der Waals surface area contributed by atoms with E-state index in [1.54, 1.807) is 11.8 Å². The van der Waals surface area contributed by atoms with Crippen LogP contribution in [0.3, 0.4) is 0 Å². The number of ether oxygens (including phenoxy) is 1. The number of urea groups is 1. The number of nitrogens with one attached hydrogen (secondary N) is 2. The molecule has 0 unspecified atom stereocenters. The maximum Gasteiger partial charge on any atom is 0.322 e. The summed E-state index contributed by atoms with van der Waals surface area (Å²) in [5.41, 5.74) is 1.96. The Hall–Kier alpha value is -2.90. The molecule has 0 aromatic heterocycles. The van der Waals surface area contributed by atoms with Gasteiger partial charge in [-0.15, -0.1) is 0 Å². The molecule has 144 valence electrons. The van der Waals surface area contributed by atoms with Crippen LogP contribution in [-0.2, 0) is 25.5 Å². The highest BCUT2D eigenvalue weighted by Gasteiger charge is 2.33. The molecule has 0 spiro atoms. The third-order valence-electron chi connectivity index (χ3n) is 4.91. The smallest absolute Gasteiger partial charge is 0.322 e. The molecule has 8 nitrogen and oxygen atoms in total. The summed E-state index contributed by atoms with van der Waals surface area (Å²) in [5, 5.41) is 4.53. The second kappa shape index (κ2) is 7.77. The van der Waals surface area contributed by atoms with Gasteiger partial charge in [-0.1, -0.05) is 18.2 Å². The Labute approximate surface area is 157 Å². The standard InChI is InChI=1S/C19H23N3O5/c1-11-7-8-13-5-3-4-6-15(13)22(11)18(25)12(2)27-16(23)10-9-14-17(24)21-19(26)20-14/h3-6,11-12,14H,7-10H2,1-2H3,(H2,20,21,24,26)/t11-,12-,14+/m0/s1. The third-order valence-corrected chi connectivity index (χ3v) is 4.91. The molecule has 3 atom stereocenters. The van der Waals surface area contributed by atoms with E-state index in [-0.39, 0.29) is 24.8 Å². The summed E-state index contributed by atoms with van der Waals surface area (Å²) in [7, 11) is 0. The molecule has 4 amide bonds. The third kappa shape index (κ3) is 4.10. The van der Waals surface area contributed by atoms with Gasteiger partial charge in [0.05, 0.1) is 0 Å². The highest BCUT2D eigenvalue weighted by molar-refractivity contribution is 6.04. The van der Waals surface area contributed by atoms with E-state index < -0.39 is 30.1 Å². The Morgan fingerprint density at radius 3 is 2.74 bits per heavy atom. The van der Waals surface area contributed by atoms with Gasteiger partial charge in [-0.3, -0.25) is 19.7 Å². The quantitative estimate of drug-likeness (QED) is 0.597. The molecule has 0 radical (unpaired) electrons. The maximum absolute atomic E-state index is 12.9. The van der Waals surface area contributed by atoms with Gasteiger partial charge in [0.2, 0.25) is 0 Å². The summed E-state index contributed by atoms with van der Waals surface area (Å²) >= 11 is 0. The summed E-state index contributed by atoms with van der Waals surface area (Å²) in [6.07, 6.45) is 0.880. The first-order valence-corrected chi connectivity index (χ1v) is 9.08. The van der Waals surface area contributed by atoms with Crippen molar-refractivity contribution in [3.8, 4) is 0 Å². The van der Waals surface area contributed by atoms with Crippen molar-refractivity contribution in [2.75, 3.05) is 4.90 Å². The number of anilines is 1. The average molecular weight is 373 g/mol. The predicted molar refractivity (Wildman–Crippen MR) is 97.0 cm³/mol. The van der Waals surface area contributed by atoms with Gasteiger partial charge in [0, 0.05) is 18.2 Å². The summed E-state index contributed by atoms with van der Waals surface area (Å²) in [6.45, 7) is 3.53. The van der Waals surface area contributed by atoms with Gasteiger partial charge >= 0.3 is 12.0 Å². The largest absolute Gasteiger partial charge is 0.453 e. The van der Waals surface area contributed by atoms with Crippen LogP contribution in [0, 0.1) is 0 Å². The predicted octanol–water partition coefficient (Wildman–Crippen LogP) is 1.27. The topological polar surface area (TPSA) is 105 Å². The number of esters is 1. The molecule has 2 aliphatic heterocycles. The molecule has 2 heterocycles. The minimum atomic E-state index is -0.932. The van der Waals surface area contributed by atoms with Crippen molar-refractivity contribution in [2.24, 2.45) is 0 Å². The molecule has 0 saturated carbocycles. The minimum Gasteiger partial charge on any atom is -0.453 e. The van der Waals surface area contributed by atoms with E-state index in [9.17, 15) is 19.2 Å². The van der Waals surface area contributed by atoms with E-state index >= 15 is 0 Å². The van der Waals surface area contributed by atoms with Gasteiger partial charge in [0.1, 0.15) is 6.04 Å². The van der Waals surface area contributed by atoms with Gasteiger partial charge in [-0.2, -0.15) is 0 Å². The lowest BCUT2D eigenvalue weighted by molar-refractivity contribution is -0.154. The van der Waals surface area contributed by atoms with Gasteiger partial charge in [-0.25, -0.2) is 4.79 Å². The Morgan fingerprint density at radius 2 is 2.04 bits per heavy atom. The number of rotatable bonds is 5. The molecule has 8 heteroatoms. The molecular weight excluding hydrogens is 350 g/mol. The van der Waals surface area contributed by atoms with Gasteiger partial charge in [-0.05, 0) is 44.7 Å². The van der Waals surface area contributed by atoms with Gasteiger partial charge < -0.3 is 15.0 Å². The van der Waals surface area contributed by atoms with Crippen LogP contribution in [0.25, 0.3) is 0 Å². The van der Waals surface area contributed by atoms with Crippen LogP contribution < -0.4 is 15.5 Å². The van der Waals surface area contributed by atoms with Gasteiger partial charge in [0.25, 0.3) is 11.8 Å². The number of para-hydroxylation sites is 1. The highest BCUT2D eigenvalue weighted by Crippen LogP contribution is 2.31. The van der Waals surface area contributed by atoms with Crippen molar-refractivity contribution in [3.05, 3.63) is 29.8 Å². The summed E-state index contributed by atoms with van der Waals surface area (Å²) in [4.78, 5) is 49.2. The second-order valence-corrected chi connectivity index (χ2v) is 6.91. The molecule has 1 aromatic carbocycles. The lowest BCUT2D eigenvalue weighted by Crippen LogP contribution is -2.47. The molecule has 1 aromatic rings. The zero-order chi connectivity index (χ0) is 19.6. The monoisotopic (exact) mass is 373 g/mol. The fourth-order valence-corrected chi connectivity index (χ4v) is 3.45. The van der Waals surface area contributed by atoms with Crippen LogP contribution in [0.4, 0.5) is 10.5 Å². The Balaban J connectivity index is 1.58. The first kappa shape index (κ1) is 18.9. The number of imide groups is 1. The van der Waals surface area contributed by atoms with E-state index in [0.29, 0.717) is 0 Å². The zero-order valence-corrected chi connectivity index (χ0v) is 15.4. The minimum absolute atomic E-state index is 0.0194. The number of amides is 4. The van der Waals surface area contributed by atoms with Crippen LogP contribution in [0.15, 0.2) is 24.3 Å². The number of carbonyl (C=O) groups excluding carboxylic acids is 4. The van der Waals surface area contributed by atoms with Crippen LogP contribution in [0.1, 0.15) is 38.7 Å². The van der Waals surface area contributed by atoms with Crippen molar-refractivity contribution in [2.45, 2.75) is 57.7 Å². The zero-order valence-electron chi connectivity index (χ0n) is 15.4. The molecule has 0 bridgehead atoms. The summed E-state index contributed by atoms with van der Waals surface area (Å²) < 4.78 is 5.28. The number of benzene rings is 1. The summed E-state index contributed by atoms with van der Waals surface area (Å²) in [5.74, 6) is -1.31. The van der Waals surface area contributed by atoms with E-state index in [0.717, 1.165) is 24.1 Å². The van der Waals surface area contributed by atoms with Crippen LogP contribution in [-0.4, -0.2) is 42.0 Å². The number of nitrogens with zero attached hydrogens (tertiary/aromatic N) is 1. The van der Waals surface area contributed by atoms with E-state index in [4.69, 9.17) is 4.74 Å². The fourth-order valence-electron chi connectivity index (χ4n) is 3.45. The highest BCUT2D eigenvalue weighted by atomic mass is 16.5. The maximum atomic E-state index is 12.9. The normalized spacial score (nSPS) is 22.5. The van der Waals surface area contributed by atoms with E-state index in [1.165, 1.54) is 0 Å². The fraction of sp³-hybridized carbons (Fsp3) is 0.474. The van der Waals surface area contributed by atoms with Gasteiger partial charge in [0.15, 0.2) is 6.10 Å². The number of fused-ring (bicyclic) bond motifs is 1. The number of hydrogen-bond donors (Lipinski definition) is 2. The molecule has 2 aliphatic rings. The van der Waals surface area contributed by atoms with Crippen molar-refractivity contribution in [1.82, 2.24) is 10.6 Å². The first-order chi connectivity index (χ1) is 12.9. The number of aryl methyl sites for hydroxylation is 1. The molecule has 2 N–H and O–H groups in total. The van der Waals surface area contributed by atoms with Crippen LogP contribution in [0.5, 0.6) is 0 Å². The lowest BCUT2D eigenvalue weighted by atomic mass is 9.96. The molecule has 0 aliphatic carbocycles. The summed E-state index contributed by atoms with van der Waals surface area (Å²) in [6, 6.07) is 6.43. The van der Waals surface area contributed by atoms with Crippen molar-refractivity contribution >= 4 is 29.5 Å². The molecule has 3 rings (SSSR count). The van der Waals surface area contributed by atoms with Crippen molar-refractivity contribution < 1.29 is 23.9 Å².